The Morgan fingerprint density at radius 1 is 1.11 bits per heavy atom. The zero-order valence-corrected chi connectivity index (χ0v) is 16.4. The van der Waals surface area contributed by atoms with Crippen LogP contribution in [-0.4, -0.2) is 25.1 Å². The first-order chi connectivity index (χ1) is 12.7. The molecule has 8 heteroatoms. The molecule has 0 aromatic heterocycles. The molecule has 5 nitrogen and oxygen atoms in total. The van der Waals surface area contributed by atoms with Crippen molar-refractivity contribution in [3.8, 4) is 5.75 Å². The second-order valence-electron chi connectivity index (χ2n) is 5.79. The molecule has 144 valence electrons. The SMILES string of the molecule is COc1ccc(C(=O)O[C@H](C)C(=O)N[C@H](C)c2ccc(Cl)cc2Cl)cc1F. The first-order valence-corrected chi connectivity index (χ1v) is 8.78. The molecule has 1 amide bonds. The van der Waals surface area contributed by atoms with Crippen LogP contribution >= 0.6 is 23.2 Å². The lowest BCUT2D eigenvalue weighted by Crippen LogP contribution is -2.37. The van der Waals surface area contributed by atoms with Gasteiger partial charge < -0.3 is 14.8 Å². The fourth-order valence-electron chi connectivity index (χ4n) is 2.34. The summed E-state index contributed by atoms with van der Waals surface area (Å²) in [5, 5.41) is 3.60. The number of amides is 1. The van der Waals surface area contributed by atoms with Crippen LogP contribution in [0.25, 0.3) is 0 Å². The van der Waals surface area contributed by atoms with Gasteiger partial charge in [-0.2, -0.15) is 0 Å². The maximum Gasteiger partial charge on any atom is 0.339 e. The van der Waals surface area contributed by atoms with Gasteiger partial charge in [0, 0.05) is 10.0 Å². The Morgan fingerprint density at radius 3 is 2.41 bits per heavy atom. The Labute approximate surface area is 166 Å². The second kappa shape index (κ2) is 9.06. The molecule has 0 saturated carbocycles. The quantitative estimate of drug-likeness (QED) is 0.704. The minimum Gasteiger partial charge on any atom is -0.494 e. The van der Waals surface area contributed by atoms with Crippen LogP contribution in [0, 0.1) is 5.82 Å². The van der Waals surface area contributed by atoms with Crippen molar-refractivity contribution < 1.29 is 23.5 Å². The number of benzene rings is 2. The normalized spacial score (nSPS) is 12.8. The van der Waals surface area contributed by atoms with Gasteiger partial charge in [0.25, 0.3) is 5.91 Å². The van der Waals surface area contributed by atoms with E-state index in [2.05, 4.69) is 5.32 Å². The number of nitrogens with one attached hydrogen (secondary N) is 1. The molecule has 1 N–H and O–H groups in total. The molecule has 0 spiro atoms. The highest BCUT2D eigenvalue weighted by molar-refractivity contribution is 6.35. The molecule has 2 aromatic rings. The van der Waals surface area contributed by atoms with E-state index in [-0.39, 0.29) is 11.3 Å². The molecule has 2 aromatic carbocycles. The number of carbonyl (C=O) groups excluding carboxylic acids is 2. The molecule has 2 rings (SSSR count). The molecule has 0 aliphatic carbocycles. The summed E-state index contributed by atoms with van der Waals surface area (Å²) in [6, 6.07) is 8.15. The van der Waals surface area contributed by atoms with Crippen molar-refractivity contribution in [2.45, 2.75) is 26.0 Å². The molecular formula is C19H18Cl2FNO4. The van der Waals surface area contributed by atoms with Gasteiger partial charge in [0.05, 0.1) is 18.7 Å². The third-order valence-electron chi connectivity index (χ3n) is 3.83. The van der Waals surface area contributed by atoms with Crippen LogP contribution in [0.5, 0.6) is 5.75 Å². The standard InChI is InChI=1S/C19H18Cl2FNO4/c1-10(14-6-5-13(20)9-15(14)21)23-18(24)11(2)27-19(25)12-4-7-17(26-3)16(22)8-12/h4-11H,1-3H3,(H,23,24)/t10-,11-/m1/s1. The van der Waals surface area contributed by atoms with Crippen molar-refractivity contribution in [1.29, 1.82) is 0 Å². The summed E-state index contributed by atoms with van der Waals surface area (Å²) in [7, 11) is 1.32. The highest BCUT2D eigenvalue weighted by atomic mass is 35.5. The molecule has 0 radical (unpaired) electrons. The molecular weight excluding hydrogens is 396 g/mol. The average Bonchev–Trinajstić information content (AvgIpc) is 2.61. The van der Waals surface area contributed by atoms with Crippen molar-refractivity contribution in [3.63, 3.8) is 0 Å². The molecule has 2 atom stereocenters. The van der Waals surface area contributed by atoms with E-state index in [1.807, 2.05) is 0 Å². The van der Waals surface area contributed by atoms with Gasteiger partial charge in [0.1, 0.15) is 0 Å². The van der Waals surface area contributed by atoms with Crippen LogP contribution in [0.4, 0.5) is 4.39 Å². The van der Waals surface area contributed by atoms with E-state index in [4.69, 9.17) is 32.7 Å². The molecule has 27 heavy (non-hydrogen) atoms. The van der Waals surface area contributed by atoms with E-state index in [1.54, 1.807) is 25.1 Å². The van der Waals surface area contributed by atoms with Gasteiger partial charge in [0.15, 0.2) is 17.7 Å². The summed E-state index contributed by atoms with van der Waals surface area (Å²) in [6.45, 7) is 3.16. The summed E-state index contributed by atoms with van der Waals surface area (Å²) >= 11 is 12.0. The van der Waals surface area contributed by atoms with E-state index in [9.17, 15) is 14.0 Å². The predicted molar refractivity (Wildman–Crippen MR) is 101 cm³/mol. The third-order valence-corrected chi connectivity index (χ3v) is 4.39. The summed E-state index contributed by atoms with van der Waals surface area (Å²) in [4.78, 5) is 24.4. The molecule has 0 unspecified atom stereocenters. The number of carbonyl (C=O) groups is 2. The number of esters is 1. The third kappa shape index (κ3) is 5.34. The lowest BCUT2D eigenvalue weighted by atomic mass is 10.1. The molecule has 0 aliphatic heterocycles. The summed E-state index contributed by atoms with van der Waals surface area (Å²) < 4.78 is 23.6. The molecule has 0 fully saturated rings. The molecule has 0 heterocycles. The Hall–Kier alpha value is -2.31. The van der Waals surface area contributed by atoms with Crippen LogP contribution in [0.15, 0.2) is 36.4 Å². The van der Waals surface area contributed by atoms with Crippen molar-refractivity contribution in [2.75, 3.05) is 7.11 Å². The highest BCUT2D eigenvalue weighted by Gasteiger charge is 2.22. The van der Waals surface area contributed by atoms with Gasteiger partial charge in [0.2, 0.25) is 0 Å². The van der Waals surface area contributed by atoms with E-state index in [0.29, 0.717) is 15.6 Å². The van der Waals surface area contributed by atoms with Crippen LogP contribution in [-0.2, 0) is 9.53 Å². The number of rotatable bonds is 6. The van der Waals surface area contributed by atoms with Gasteiger partial charge in [-0.15, -0.1) is 0 Å². The molecule has 0 aliphatic rings. The fourth-order valence-corrected chi connectivity index (χ4v) is 2.91. The Kier molecular flexibility index (Phi) is 7.05. The summed E-state index contributed by atoms with van der Waals surface area (Å²) in [5.74, 6) is -2.03. The van der Waals surface area contributed by atoms with Crippen molar-refractivity contribution >= 4 is 35.1 Å². The number of hydrogen-bond donors (Lipinski definition) is 1. The van der Waals surface area contributed by atoms with Crippen LogP contribution < -0.4 is 10.1 Å². The van der Waals surface area contributed by atoms with Crippen LogP contribution in [0.1, 0.15) is 35.8 Å². The first-order valence-electron chi connectivity index (χ1n) is 8.02. The maximum absolute atomic E-state index is 13.7. The monoisotopic (exact) mass is 413 g/mol. The lowest BCUT2D eigenvalue weighted by Gasteiger charge is -2.19. The van der Waals surface area contributed by atoms with E-state index >= 15 is 0 Å². The second-order valence-corrected chi connectivity index (χ2v) is 6.64. The van der Waals surface area contributed by atoms with Gasteiger partial charge in [-0.25, -0.2) is 9.18 Å². The maximum atomic E-state index is 13.7. The van der Waals surface area contributed by atoms with Gasteiger partial charge in [-0.05, 0) is 49.7 Å². The number of hydrogen-bond acceptors (Lipinski definition) is 4. The Morgan fingerprint density at radius 2 is 1.81 bits per heavy atom. The van der Waals surface area contributed by atoms with Crippen molar-refractivity contribution in [1.82, 2.24) is 5.32 Å². The van der Waals surface area contributed by atoms with Crippen LogP contribution in [0.2, 0.25) is 10.0 Å². The van der Waals surface area contributed by atoms with E-state index in [0.717, 1.165) is 6.07 Å². The largest absolute Gasteiger partial charge is 0.494 e. The summed E-state index contributed by atoms with van der Waals surface area (Å²) in [5.41, 5.74) is 0.645. The highest BCUT2D eigenvalue weighted by Crippen LogP contribution is 2.26. The minimum atomic E-state index is -1.09. The topological polar surface area (TPSA) is 64.6 Å². The Bertz CT molecular complexity index is 860. The average molecular weight is 414 g/mol. The van der Waals surface area contributed by atoms with Gasteiger partial charge >= 0.3 is 5.97 Å². The zero-order chi connectivity index (χ0) is 20.1. The van der Waals surface area contributed by atoms with E-state index < -0.39 is 29.8 Å². The summed E-state index contributed by atoms with van der Waals surface area (Å²) in [6.07, 6.45) is -1.09. The minimum absolute atomic E-state index is 0.00556. The van der Waals surface area contributed by atoms with Gasteiger partial charge in [-0.1, -0.05) is 29.3 Å². The number of ether oxygens (including phenoxy) is 2. The van der Waals surface area contributed by atoms with Crippen LogP contribution in [0.3, 0.4) is 0 Å². The number of halogens is 3. The Balaban J connectivity index is 2.00. The van der Waals surface area contributed by atoms with E-state index in [1.165, 1.54) is 26.2 Å². The van der Waals surface area contributed by atoms with Crippen molar-refractivity contribution in [2.24, 2.45) is 0 Å². The predicted octanol–water partition coefficient (Wildman–Crippen LogP) is 4.56. The smallest absolute Gasteiger partial charge is 0.339 e. The lowest BCUT2D eigenvalue weighted by molar-refractivity contribution is -0.129. The van der Waals surface area contributed by atoms with Gasteiger partial charge in [-0.3, -0.25) is 4.79 Å². The molecule has 0 saturated heterocycles. The molecule has 0 bridgehead atoms. The van der Waals surface area contributed by atoms with Crippen molar-refractivity contribution in [3.05, 3.63) is 63.4 Å². The fraction of sp³-hybridized carbons (Fsp3) is 0.263. The first kappa shape index (κ1) is 21.0. The number of methoxy groups -OCH3 is 1. The zero-order valence-electron chi connectivity index (χ0n) is 14.9.